The van der Waals surface area contributed by atoms with Gasteiger partial charge < -0.3 is 14.2 Å². The Labute approximate surface area is 416 Å². The van der Waals surface area contributed by atoms with Crippen molar-refractivity contribution in [1.82, 2.24) is 0 Å². The van der Waals surface area contributed by atoms with E-state index in [0.717, 1.165) is 83.5 Å². The molecule has 0 aliphatic heterocycles. The van der Waals surface area contributed by atoms with Gasteiger partial charge in [-0.05, 0) is 83.5 Å². The minimum Gasteiger partial charge on any atom is -0.462 e. The van der Waals surface area contributed by atoms with Crippen molar-refractivity contribution in [2.45, 2.75) is 309 Å². The van der Waals surface area contributed by atoms with Crippen LogP contribution in [-0.2, 0) is 28.6 Å². The highest BCUT2D eigenvalue weighted by Gasteiger charge is 2.19. The number of esters is 3. The van der Waals surface area contributed by atoms with Gasteiger partial charge in [0.25, 0.3) is 0 Å². The zero-order chi connectivity index (χ0) is 48.6. The van der Waals surface area contributed by atoms with Crippen LogP contribution in [0.15, 0.2) is 48.6 Å². The van der Waals surface area contributed by atoms with Crippen molar-refractivity contribution < 1.29 is 28.6 Å². The number of hydrogen-bond donors (Lipinski definition) is 0. The van der Waals surface area contributed by atoms with Crippen molar-refractivity contribution in [2.75, 3.05) is 13.2 Å². The molecule has 0 fully saturated rings. The summed E-state index contributed by atoms with van der Waals surface area (Å²) in [5.41, 5.74) is 0. The Morgan fingerprint density at radius 3 is 0.851 bits per heavy atom. The number of unbranched alkanes of at least 4 members (excludes halogenated alkanes) is 34. The van der Waals surface area contributed by atoms with E-state index < -0.39 is 6.10 Å². The summed E-state index contributed by atoms with van der Waals surface area (Å²) in [6.45, 7) is 6.55. The van der Waals surface area contributed by atoms with Crippen LogP contribution < -0.4 is 0 Å². The number of carbonyl (C=O) groups excluding carboxylic acids is 3. The summed E-state index contributed by atoms with van der Waals surface area (Å²) in [6, 6.07) is 0. The fourth-order valence-electron chi connectivity index (χ4n) is 8.39. The average molecular weight is 940 g/mol. The third kappa shape index (κ3) is 54.2. The molecule has 0 saturated heterocycles. The average Bonchev–Trinajstić information content (AvgIpc) is 3.33. The van der Waals surface area contributed by atoms with Gasteiger partial charge in [-0.1, -0.05) is 249 Å². The summed E-state index contributed by atoms with van der Waals surface area (Å²) in [7, 11) is 0. The van der Waals surface area contributed by atoms with Crippen molar-refractivity contribution in [2.24, 2.45) is 0 Å². The first kappa shape index (κ1) is 64.4. The van der Waals surface area contributed by atoms with Crippen LogP contribution in [0.1, 0.15) is 303 Å². The Kier molecular flexibility index (Phi) is 53.8. The van der Waals surface area contributed by atoms with E-state index in [1.165, 1.54) is 180 Å². The van der Waals surface area contributed by atoms with Gasteiger partial charge in [0.05, 0.1) is 0 Å². The van der Waals surface area contributed by atoms with Crippen LogP contribution in [0.4, 0.5) is 0 Å². The Bertz CT molecular complexity index is 1170. The lowest BCUT2D eigenvalue weighted by atomic mass is 10.0. The van der Waals surface area contributed by atoms with Gasteiger partial charge in [0, 0.05) is 19.3 Å². The first-order valence-corrected chi connectivity index (χ1v) is 29.1. The summed E-state index contributed by atoms with van der Waals surface area (Å²) < 4.78 is 16.7. The Morgan fingerprint density at radius 1 is 0.299 bits per heavy atom. The minimum absolute atomic E-state index is 0.0748. The largest absolute Gasteiger partial charge is 0.462 e. The fourth-order valence-corrected chi connectivity index (χ4v) is 8.39. The van der Waals surface area contributed by atoms with E-state index in [1.54, 1.807) is 0 Å². The van der Waals surface area contributed by atoms with Gasteiger partial charge >= 0.3 is 17.9 Å². The molecule has 0 radical (unpaired) electrons. The second-order valence-corrected chi connectivity index (χ2v) is 19.6. The Balaban J connectivity index is 4.00. The first-order chi connectivity index (χ1) is 33.0. The first-order valence-electron chi connectivity index (χ1n) is 29.1. The highest BCUT2D eigenvalue weighted by atomic mass is 16.6. The molecule has 0 saturated carbocycles. The summed E-state index contributed by atoms with van der Waals surface area (Å²) in [5, 5.41) is 0. The molecule has 0 aliphatic carbocycles. The molecule has 0 aromatic carbocycles. The predicted octanol–water partition coefficient (Wildman–Crippen LogP) is 19.4. The molecule has 0 N–H and O–H groups in total. The number of rotatable bonds is 53. The van der Waals surface area contributed by atoms with Crippen molar-refractivity contribution in [3.05, 3.63) is 48.6 Å². The van der Waals surface area contributed by atoms with Crippen LogP contribution in [0.5, 0.6) is 0 Å². The summed E-state index contributed by atoms with van der Waals surface area (Å²) in [5.74, 6) is -0.888. The second kappa shape index (κ2) is 56.0. The van der Waals surface area contributed by atoms with Gasteiger partial charge in [0.2, 0.25) is 0 Å². The highest BCUT2D eigenvalue weighted by Crippen LogP contribution is 2.16. The number of ether oxygens (including phenoxy) is 3. The maximum atomic E-state index is 12.7. The van der Waals surface area contributed by atoms with Crippen LogP contribution in [0.2, 0.25) is 0 Å². The standard InChI is InChI=1S/C61H110O6/c1-4-7-10-13-15-17-19-21-23-24-25-26-27-28-29-30-31-32-33-34-35-36-38-39-41-43-45-48-51-54-60(63)66-57-58(56-65-59(62)53-50-47-12-9-6-3)67-61(64)55-52-49-46-44-42-40-37-22-20-18-16-14-11-8-5-2/h19,21-22,24-25,27-28,37,58H,4-18,20,23,26,29-36,38-57H2,1-3H3/b21-19-,25-24-,28-27-,37-22-. The lowest BCUT2D eigenvalue weighted by Crippen LogP contribution is -2.30. The molecule has 0 aromatic rings. The van der Waals surface area contributed by atoms with Gasteiger partial charge in [-0.25, -0.2) is 0 Å². The Hall–Kier alpha value is -2.63. The topological polar surface area (TPSA) is 78.9 Å². The van der Waals surface area contributed by atoms with E-state index in [1.807, 2.05) is 0 Å². The molecule has 0 aromatic heterocycles. The molecule has 6 nitrogen and oxygen atoms in total. The second-order valence-electron chi connectivity index (χ2n) is 19.6. The number of carbonyl (C=O) groups is 3. The number of allylic oxidation sites excluding steroid dienone is 8. The van der Waals surface area contributed by atoms with Crippen molar-refractivity contribution in [3.8, 4) is 0 Å². The fraction of sp³-hybridized carbons (Fsp3) is 0.820. The number of hydrogen-bond acceptors (Lipinski definition) is 6. The summed E-state index contributed by atoms with van der Waals surface area (Å²) in [6.07, 6.45) is 68.7. The van der Waals surface area contributed by atoms with Crippen LogP contribution in [0.25, 0.3) is 0 Å². The zero-order valence-electron chi connectivity index (χ0n) is 44.7. The Morgan fingerprint density at radius 2 is 0.537 bits per heavy atom. The van der Waals surface area contributed by atoms with Crippen molar-refractivity contribution >= 4 is 17.9 Å². The van der Waals surface area contributed by atoms with E-state index in [9.17, 15) is 14.4 Å². The van der Waals surface area contributed by atoms with E-state index in [-0.39, 0.29) is 31.1 Å². The molecule has 0 aliphatic rings. The maximum absolute atomic E-state index is 12.7. The molecule has 0 spiro atoms. The third-order valence-electron chi connectivity index (χ3n) is 12.8. The monoisotopic (exact) mass is 939 g/mol. The molecular formula is C61H110O6. The molecular weight excluding hydrogens is 829 g/mol. The molecule has 1 unspecified atom stereocenters. The van der Waals surface area contributed by atoms with Crippen LogP contribution in [-0.4, -0.2) is 37.2 Å². The quantitative estimate of drug-likeness (QED) is 0.0262. The molecule has 0 amide bonds. The van der Waals surface area contributed by atoms with E-state index in [0.29, 0.717) is 19.3 Å². The zero-order valence-corrected chi connectivity index (χ0v) is 44.7. The van der Waals surface area contributed by atoms with Crippen molar-refractivity contribution in [3.63, 3.8) is 0 Å². The van der Waals surface area contributed by atoms with Gasteiger partial charge in [-0.2, -0.15) is 0 Å². The van der Waals surface area contributed by atoms with Gasteiger partial charge in [0.15, 0.2) is 6.10 Å². The molecule has 1 atom stereocenters. The molecule has 0 rings (SSSR count). The van der Waals surface area contributed by atoms with Gasteiger partial charge in [0.1, 0.15) is 13.2 Å². The van der Waals surface area contributed by atoms with Gasteiger partial charge in [-0.3, -0.25) is 14.4 Å². The van der Waals surface area contributed by atoms with Crippen LogP contribution in [0, 0.1) is 0 Å². The van der Waals surface area contributed by atoms with Crippen LogP contribution in [0.3, 0.4) is 0 Å². The predicted molar refractivity (Wildman–Crippen MR) is 289 cm³/mol. The lowest BCUT2D eigenvalue weighted by Gasteiger charge is -2.18. The molecule has 6 heteroatoms. The minimum atomic E-state index is -0.772. The van der Waals surface area contributed by atoms with Crippen LogP contribution >= 0.6 is 0 Å². The van der Waals surface area contributed by atoms with E-state index >= 15 is 0 Å². The van der Waals surface area contributed by atoms with Gasteiger partial charge in [-0.15, -0.1) is 0 Å². The SMILES string of the molecule is CCCCCCC/C=C\C/C=C\C/C=C\CCCCCCCCCCCCCCCCC(=O)OCC(COC(=O)CCCCCCC)OC(=O)CCCCCCC/C=C\CCCCCCCC. The molecule has 67 heavy (non-hydrogen) atoms. The molecule has 0 bridgehead atoms. The van der Waals surface area contributed by atoms with Crippen molar-refractivity contribution in [1.29, 1.82) is 0 Å². The van der Waals surface area contributed by atoms with E-state index in [2.05, 4.69) is 69.4 Å². The smallest absolute Gasteiger partial charge is 0.306 e. The molecule has 0 heterocycles. The summed E-state index contributed by atoms with van der Waals surface area (Å²) in [4.78, 5) is 37.7. The maximum Gasteiger partial charge on any atom is 0.306 e. The normalized spacial score (nSPS) is 12.3. The third-order valence-corrected chi connectivity index (χ3v) is 12.8. The highest BCUT2D eigenvalue weighted by molar-refractivity contribution is 5.71. The summed E-state index contributed by atoms with van der Waals surface area (Å²) >= 11 is 0. The van der Waals surface area contributed by atoms with E-state index in [4.69, 9.17) is 14.2 Å². The molecule has 390 valence electrons. The lowest BCUT2D eigenvalue weighted by molar-refractivity contribution is -0.167.